The van der Waals surface area contributed by atoms with Gasteiger partial charge in [-0.15, -0.1) is 0 Å². The molecule has 0 aliphatic heterocycles. The lowest BCUT2D eigenvalue weighted by Gasteiger charge is -2.13. The third-order valence-corrected chi connectivity index (χ3v) is 3.86. The summed E-state index contributed by atoms with van der Waals surface area (Å²) < 4.78 is 16.4. The highest BCUT2D eigenvalue weighted by molar-refractivity contribution is 5.79. The van der Waals surface area contributed by atoms with E-state index in [9.17, 15) is 0 Å². The van der Waals surface area contributed by atoms with E-state index in [0.29, 0.717) is 31.2 Å². The monoisotopic (exact) mass is 371 g/mol. The summed E-state index contributed by atoms with van der Waals surface area (Å²) >= 11 is 0. The summed E-state index contributed by atoms with van der Waals surface area (Å²) in [6.45, 7) is 6.63. The molecule has 0 unspecified atom stereocenters. The highest BCUT2D eigenvalue weighted by atomic mass is 16.5. The number of guanidine groups is 1. The summed E-state index contributed by atoms with van der Waals surface area (Å²) in [6, 6.07) is 13.8. The maximum absolute atomic E-state index is 5.76. The van der Waals surface area contributed by atoms with Crippen molar-refractivity contribution in [2.24, 2.45) is 4.99 Å². The number of methoxy groups -OCH3 is 2. The smallest absolute Gasteiger partial charge is 0.191 e. The standard InChI is InChI=1S/C21H29N3O3/c1-5-22-21(23-11-12-27-18-8-6-7-16(2)13-18)24-15-17-9-10-19(25-3)20(14-17)26-4/h6-10,13-14H,5,11-12,15H2,1-4H3,(H2,22,23,24). The van der Waals surface area contributed by atoms with Gasteiger partial charge in [-0.2, -0.15) is 0 Å². The van der Waals surface area contributed by atoms with E-state index < -0.39 is 0 Å². The van der Waals surface area contributed by atoms with Gasteiger partial charge in [0.1, 0.15) is 12.4 Å². The van der Waals surface area contributed by atoms with Crippen LogP contribution in [0.2, 0.25) is 0 Å². The van der Waals surface area contributed by atoms with Gasteiger partial charge in [-0.25, -0.2) is 4.99 Å². The predicted molar refractivity (Wildman–Crippen MR) is 109 cm³/mol. The van der Waals surface area contributed by atoms with Crippen LogP contribution in [0.1, 0.15) is 18.1 Å². The molecule has 0 radical (unpaired) electrons. The largest absolute Gasteiger partial charge is 0.493 e. The van der Waals surface area contributed by atoms with Gasteiger partial charge in [0.25, 0.3) is 0 Å². The second kappa shape index (κ2) is 11.0. The quantitative estimate of drug-likeness (QED) is 0.403. The summed E-state index contributed by atoms with van der Waals surface area (Å²) in [7, 11) is 3.26. The Morgan fingerprint density at radius 1 is 1.00 bits per heavy atom. The zero-order valence-electron chi connectivity index (χ0n) is 16.5. The Balaban J connectivity index is 1.88. The molecule has 0 saturated carbocycles. The van der Waals surface area contributed by atoms with E-state index in [2.05, 4.69) is 28.6 Å². The molecule has 0 aliphatic rings. The van der Waals surface area contributed by atoms with Gasteiger partial charge in [0.2, 0.25) is 0 Å². The van der Waals surface area contributed by atoms with E-state index >= 15 is 0 Å². The Morgan fingerprint density at radius 3 is 2.52 bits per heavy atom. The van der Waals surface area contributed by atoms with Crippen molar-refractivity contribution in [3.63, 3.8) is 0 Å². The lowest BCUT2D eigenvalue weighted by Crippen LogP contribution is -2.39. The summed E-state index contributed by atoms with van der Waals surface area (Å²) in [6.07, 6.45) is 0. The normalized spacial score (nSPS) is 11.0. The third kappa shape index (κ3) is 6.73. The number of aryl methyl sites for hydroxylation is 1. The minimum absolute atomic E-state index is 0.536. The second-order valence-electron chi connectivity index (χ2n) is 5.98. The van der Waals surface area contributed by atoms with Crippen molar-refractivity contribution in [3.8, 4) is 17.2 Å². The molecule has 0 saturated heterocycles. The average molecular weight is 371 g/mol. The van der Waals surface area contributed by atoms with Crippen LogP contribution < -0.4 is 24.8 Å². The van der Waals surface area contributed by atoms with Crippen molar-refractivity contribution in [1.29, 1.82) is 0 Å². The predicted octanol–water partition coefficient (Wildman–Crippen LogP) is 3.15. The third-order valence-electron chi connectivity index (χ3n) is 3.86. The SMILES string of the molecule is CCNC(=NCc1ccc(OC)c(OC)c1)NCCOc1cccc(C)c1. The van der Waals surface area contributed by atoms with Crippen LogP contribution in [0, 0.1) is 6.92 Å². The average Bonchev–Trinajstić information content (AvgIpc) is 2.69. The molecule has 2 aromatic carbocycles. The number of rotatable bonds is 9. The summed E-state index contributed by atoms with van der Waals surface area (Å²) in [4.78, 5) is 4.62. The van der Waals surface area contributed by atoms with Crippen LogP contribution >= 0.6 is 0 Å². The number of ether oxygens (including phenoxy) is 3. The summed E-state index contributed by atoms with van der Waals surface area (Å²) in [5.74, 6) is 3.04. The number of benzene rings is 2. The molecule has 0 bridgehead atoms. The van der Waals surface area contributed by atoms with Gasteiger partial charge >= 0.3 is 0 Å². The molecule has 2 aromatic rings. The lowest BCUT2D eigenvalue weighted by atomic mass is 10.2. The first-order valence-corrected chi connectivity index (χ1v) is 9.08. The van der Waals surface area contributed by atoms with Gasteiger partial charge in [-0.1, -0.05) is 18.2 Å². The topological polar surface area (TPSA) is 64.1 Å². The second-order valence-corrected chi connectivity index (χ2v) is 5.98. The molecule has 2 rings (SSSR count). The van der Waals surface area contributed by atoms with Gasteiger partial charge in [-0.3, -0.25) is 0 Å². The Morgan fingerprint density at radius 2 is 1.81 bits per heavy atom. The summed E-state index contributed by atoms with van der Waals surface area (Å²) in [5, 5.41) is 6.52. The molecule has 0 aliphatic carbocycles. The number of nitrogens with one attached hydrogen (secondary N) is 2. The van der Waals surface area contributed by atoms with E-state index in [-0.39, 0.29) is 0 Å². The number of nitrogens with zero attached hydrogens (tertiary/aromatic N) is 1. The molecule has 0 aromatic heterocycles. The summed E-state index contributed by atoms with van der Waals surface area (Å²) in [5.41, 5.74) is 2.23. The van der Waals surface area contributed by atoms with Gasteiger partial charge in [0.05, 0.1) is 27.3 Å². The maximum Gasteiger partial charge on any atom is 0.191 e. The van der Waals surface area contributed by atoms with Crippen molar-refractivity contribution in [1.82, 2.24) is 10.6 Å². The Kier molecular flexibility index (Phi) is 8.29. The van der Waals surface area contributed by atoms with E-state index in [4.69, 9.17) is 14.2 Å². The molecule has 6 heteroatoms. The molecule has 0 heterocycles. The van der Waals surface area contributed by atoms with Gasteiger partial charge in [-0.05, 0) is 49.2 Å². The molecule has 27 heavy (non-hydrogen) atoms. The van der Waals surface area contributed by atoms with Crippen LogP contribution in [0.25, 0.3) is 0 Å². The van der Waals surface area contributed by atoms with E-state index in [1.807, 2.05) is 43.3 Å². The molecule has 0 fully saturated rings. The molecule has 0 amide bonds. The minimum atomic E-state index is 0.536. The Labute approximate surface area is 161 Å². The van der Waals surface area contributed by atoms with Crippen molar-refractivity contribution < 1.29 is 14.2 Å². The Bertz CT molecular complexity index is 747. The Hall–Kier alpha value is -2.89. The van der Waals surface area contributed by atoms with Gasteiger partial charge in [0, 0.05) is 6.54 Å². The zero-order valence-corrected chi connectivity index (χ0v) is 16.5. The fourth-order valence-corrected chi connectivity index (χ4v) is 2.53. The van der Waals surface area contributed by atoms with Gasteiger partial charge in [0.15, 0.2) is 17.5 Å². The van der Waals surface area contributed by atoms with Crippen LogP contribution in [0.3, 0.4) is 0 Å². The van der Waals surface area contributed by atoms with Crippen LogP contribution in [0.4, 0.5) is 0 Å². The zero-order chi connectivity index (χ0) is 19.5. The van der Waals surface area contributed by atoms with Crippen molar-refractivity contribution in [2.75, 3.05) is 33.9 Å². The maximum atomic E-state index is 5.76. The van der Waals surface area contributed by atoms with Gasteiger partial charge < -0.3 is 24.8 Å². The molecule has 6 nitrogen and oxygen atoms in total. The lowest BCUT2D eigenvalue weighted by molar-refractivity contribution is 0.321. The number of hydrogen-bond acceptors (Lipinski definition) is 4. The fourth-order valence-electron chi connectivity index (χ4n) is 2.53. The van der Waals surface area contributed by atoms with E-state index in [0.717, 1.165) is 23.8 Å². The number of hydrogen-bond donors (Lipinski definition) is 2. The van der Waals surface area contributed by atoms with Crippen LogP contribution in [0.15, 0.2) is 47.5 Å². The minimum Gasteiger partial charge on any atom is -0.493 e. The number of aliphatic imine (C=N–C) groups is 1. The highest BCUT2D eigenvalue weighted by Gasteiger charge is 2.05. The van der Waals surface area contributed by atoms with Crippen molar-refractivity contribution in [2.45, 2.75) is 20.4 Å². The fraction of sp³-hybridized carbons (Fsp3) is 0.381. The van der Waals surface area contributed by atoms with Crippen LogP contribution in [-0.2, 0) is 6.54 Å². The van der Waals surface area contributed by atoms with E-state index in [1.54, 1.807) is 14.2 Å². The van der Waals surface area contributed by atoms with Crippen LogP contribution in [-0.4, -0.2) is 39.9 Å². The molecule has 0 spiro atoms. The first-order valence-electron chi connectivity index (χ1n) is 9.08. The van der Waals surface area contributed by atoms with Crippen LogP contribution in [0.5, 0.6) is 17.2 Å². The van der Waals surface area contributed by atoms with Crippen molar-refractivity contribution >= 4 is 5.96 Å². The molecular formula is C21H29N3O3. The molecule has 2 N–H and O–H groups in total. The van der Waals surface area contributed by atoms with Crippen molar-refractivity contribution in [3.05, 3.63) is 53.6 Å². The molecule has 146 valence electrons. The van der Waals surface area contributed by atoms with E-state index in [1.165, 1.54) is 5.56 Å². The first-order chi connectivity index (χ1) is 13.2. The highest BCUT2D eigenvalue weighted by Crippen LogP contribution is 2.27. The molecular weight excluding hydrogens is 342 g/mol. The molecule has 0 atom stereocenters. The first kappa shape index (κ1) is 20.4.